The van der Waals surface area contributed by atoms with E-state index >= 15 is 0 Å². The van der Waals surface area contributed by atoms with Gasteiger partial charge >= 0.3 is 0 Å². The summed E-state index contributed by atoms with van der Waals surface area (Å²) in [5.41, 5.74) is 3.38. The van der Waals surface area contributed by atoms with Crippen LogP contribution in [-0.4, -0.2) is 24.1 Å². The van der Waals surface area contributed by atoms with Gasteiger partial charge < -0.3 is 14.6 Å². The average molecular weight is 314 g/mol. The first kappa shape index (κ1) is 17.7. The van der Waals surface area contributed by atoms with Gasteiger partial charge in [-0.15, -0.1) is 0 Å². The lowest BCUT2D eigenvalue weighted by Gasteiger charge is -2.12. The summed E-state index contributed by atoms with van der Waals surface area (Å²) in [6, 6.07) is 18.0. The van der Waals surface area contributed by atoms with Crippen LogP contribution in [0.5, 0.6) is 0 Å². The van der Waals surface area contributed by atoms with Crippen molar-refractivity contribution in [1.29, 1.82) is 0 Å². The van der Waals surface area contributed by atoms with Crippen molar-refractivity contribution in [2.24, 2.45) is 0 Å². The predicted molar refractivity (Wildman–Crippen MR) is 92.2 cm³/mol. The summed E-state index contributed by atoms with van der Waals surface area (Å²) >= 11 is 0. The average Bonchev–Trinajstić information content (AvgIpc) is 3.41. The van der Waals surface area contributed by atoms with Crippen LogP contribution >= 0.6 is 0 Å². The van der Waals surface area contributed by atoms with Gasteiger partial charge in [-0.2, -0.15) is 0 Å². The molecule has 2 atom stereocenters. The first-order valence-corrected chi connectivity index (χ1v) is 8.18. The number of ether oxygens (including phenoxy) is 2. The number of hydrogen-bond donors (Lipinski definition) is 1. The van der Waals surface area contributed by atoms with Gasteiger partial charge in [0.1, 0.15) is 0 Å². The molecule has 0 amide bonds. The second-order valence-electron chi connectivity index (χ2n) is 5.80. The number of hydrogen-bond acceptors (Lipinski definition) is 3. The fourth-order valence-corrected chi connectivity index (χ4v) is 2.06. The van der Waals surface area contributed by atoms with Crippen LogP contribution in [0.1, 0.15) is 30.0 Å². The number of rotatable bonds is 6. The summed E-state index contributed by atoms with van der Waals surface area (Å²) in [4.78, 5) is 0. The number of benzene rings is 2. The SMILES string of the molecule is CC[C@@H]1CO1.Cc1ccc(C[C@H](O)OCc2ccccc2)cc1. The zero-order valence-electron chi connectivity index (χ0n) is 13.9. The van der Waals surface area contributed by atoms with Crippen molar-refractivity contribution in [3.8, 4) is 0 Å². The minimum atomic E-state index is -0.757. The standard InChI is InChI=1S/C16H18O2.C4H8O/c1-13-7-9-14(10-8-13)11-16(17)18-12-15-5-3-2-4-6-15;1-2-4-3-5-4/h2-10,16-17H,11-12H2,1H3;4H,2-3H2,1H3/t16-;4-/m11/s1. The van der Waals surface area contributed by atoms with Crippen LogP contribution < -0.4 is 0 Å². The molecule has 0 saturated carbocycles. The summed E-state index contributed by atoms with van der Waals surface area (Å²) < 4.78 is 10.3. The zero-order chi connectivity index (χ0) is 16.5. The van der Waals surface area contributed by atoms with E-state index in [2.05, 4.69) is 6.92 Å². The summed E-state index contributed by atoms with van der Waals surface area (Å²) in [6.45, 7) is 5.63. The predicted octanol–water partition coefficient (Wildman–Crippen LogP) is 3.87. The number of aliphatic hydroxyl groups excluding tert-OH is 1. The zero-order valence-corrected chi connectivity index (χ0v) is 13.9. The molecule has 124 valence electrons. The molecule has 1 saturated heterocycles. The molecule has 3 rings (SSSR count). The molecule has 2 aromatic carbocycles. The molecule has 23 heavy (non-hydrogen) atoms. The maximum absolute atomic E-state index is 9.81. The molecule has 1 fully saturated rings. The lowest BCUT2D eigenvalue weighted by atomic mass is 10.1. The molecule has 0 aliphatic carbocycles. The van der Waals surface area contributed by atoms with Crippen molar-refractivity contribution in [2.75, 3.05) is 6.61 Å². The largest absolute Gasteiger partial charge is 0.373 e. The van der Waals surface area contributed by atoms with Crippen LogP contribution in [0.4, 0.5) is 0 Å². The van der Waals surface area contributed by atoms with Crippen LogP contribution in [0.25, 0.3) is 0 Å². The highest BCUT2D eigenvalue weighted by Gasteiger charge is 2.18. The molecule has 3 nitrogen and oxygen atoms in total. The molecule has 0 unspecified atom stereocenters. The van der Waals surface area contributed by atoms with Crippen molar-refractivity contribution < 1.29 is 14.6 Å². The lowest BCUT2D eigenvalue weighted by Crippen LogP contribution is -2.14. The molecular weight excluding hydrogens is 288 g/mol. The number of epoxide rings is 1. The van der Waals surface area contributed by atoms with Gasteiger partial charge in [0.2, 0.25) is 0 Å². The van der Waals surface area contributed by atoms with E-state index in [0.29, 0.717) is 19.1 Å². The van der Waals surface area contributed by atoms with Crippen LogP contribution in [-0.2, 0) is 22.5 Å². The van der Waals surface area contributed by atoms with Crippen LogP contribution in [0.3, 0.4) is 0 Å². The molecule has 1 aliphatic heterocycles. The van der Waals surface area contributed by atoms with Crippen molar-refractivity contribution in [3.63, 3.8) is 0 Å². The quantitative estimate of drug-likeness (QED) is 0.650. The van der Waals surface area contributed by atoms with Crippen molar-refractivity contribution in [3.05, 3.63) is 71.3 Å². The first-order chi connectivity index (χ1) is 11.2. The van der Waals surface area contributed by atoms with Crippen LogP contribution in [0.15, 0.2) is 54.6 Å². The Morgan fingerprint density at radius 3 is 2.26 bits per heavy atom. The molecule has 3 heteroatoms. The fraction of sp³-hybridized carbons (Fsp3) is 0.400. The Hall–Kier alpha value is -1.68. The van der Waals surface area contributed by atoms with Crippen molar-refractivity contribution >= 4 is 0 Å². The maximum atomic E-state index is 9.81. The van der Waals surface area contributed by atoms with E-state index in [9.17, 15) is 5.11 Å². The van der Waals surface area contributed by atoms with E-state index in [1.807, 2.05) is 61.5 Å². The van der Waals surface area contributed by atoms with E-state index in [1.165, 1.54) is 12.0 Å². The smallest absolute Gasteiger partial charge is 0.159 e. The van der Waals surface area contributed by atoms with Gasteiger partial charge in [0.25, 0.3) is 0 Å². The van der Waals surface area contributed by atoms with Gasteiger partial charge in [-0.1, -0.05) is 67.1 Å². The molecule has 0 spiro atoms. The van der Waals surface area contributed by atoms with Gasteiger partial charge in [0, 0.05) is 6.42 Å². The number of aryl methyl sites for hydroxylation is 1. The first-order valence-electron chi connectivity index (χ1n) is 8.18. The van der Waals surface area contributed by atoms with Crippen LogP contribution in [0, 0.1) is 6.92 Å². The third-order valence-electron chi connectivity index (χ3n) is 3.67. The van der Waals surface area contributed by atoms with Gasteiger partial charge in [0.05, 0.1) is 19.3 Å². The Labute approximate surface area is 138 Å². The highest BCUT2D eigenvalue weighted by molar-refractivity contribution is 5.21. The summed E-state index contributed by atoms with van der Waals surface area (Å²) in [6.07, 6.45) is 1.59. The van der Waals surface area contributed by atoms with Gasteiger partial charge in [-0.25, -0.2) is 0 Å². The van der Waals surface area contributed by atoms with E-state index in [-0.39, 0.29) is 0 Å². The number of aliphatic hydroxyl groups is 1. The molecule has 1 aliphatic rings. The monoisotopic (exact) mass is 314 g/mol. The Balaban J connectivity index is 0.000000326. The Kier molecular flexibility index (Phi) is 7.27. The highest BCUT2D eigenvalue weighted by Crippen LogP contribution is 2.11. The van der Waals surface area contributed by atoms with Crippen molar-refractivity contribution in [1.82, 2.24) is 0 Å². The highest BCUT2D eigenvalue weighted by atomic mass is 16.6. The minimum absolute atomic E-state index is 0.438. The maximum Gasteiger partial charge on any atom is 0.159 e. The van der Waals surface area contributed by atoms with E-state index < -0.39 is 6.29 Å². The molecule has 2 aromatic rings. The van der Waals surface area contributed by atoms with E-state index in [4.69, 9.17) is 9.47 Å². The second-order valence-corrected chi connectivity index (χ2v) is 5.80. The lowest BCUT2D eigenvalue weighted by molar-refractivity contribution is -0.106. The summed E-state index contributed by atoms with van der Waals surface area (Å²) in [5, 5.41) is 9.81. The summed E-state index contributed by atoms with van der Waals surface area (Å²) in [5.74, 6) is 0. The van der Waals surface area contributed by atoms with E-state index in [1.54, 1.807) is 0 Å². The normalized spacial score (nSPS) is 17.1. The van der Waals surface area contributed by atoms with E-state index in [0.717, 1.165) is 17.7 Å². The van der Waals surface area contributed by atoms with Crippen molar-refractivity contribution in [2.45, 2.75) is 45.7 Å². The minimum Gasteiger partial charge on any atom is -0.373 e. The Morgan fingerprint density at radius 2 is 1.74 bits per heavy atom. The molecule has 1 N–H and O–H groups in total. The fourth-order valence-electron chi connectivity index (χ4n) is 2.06. The second kappa shape index (κ2) is 9.46. The third-order valence-corrected chi connectivity index (χ3v) is 3.67. The molecule has 1 heterocycles. The molecule has 0 radical (unpaired) electrons. The van der Waals surface area contributed by atoms with Gasteiger partial charge in [0.15, 0.2) is 6.29 Å². The third kappa shape index (κ3) is 7.42. The Bertz CT molecular complexity index is 547. The molecule has 0 bridgehead atoms. The van der Waals surface area contributed by atoms with Crippen LogP contribution in [0.2, 0.25) is 0 Å². The van der Waals surface area contributed by atoms with Gasteiger partial charge in [-0.3, -0.25) is 0 Å². The topological polar surface area (TPSA) is 42.0 Å². The van der Waals surface area contributed by atoms with Gasteiger partial charge in [-0.05, 0) is 24.5 Å². The summed E-state index contributed by atoms with van der Waals surface area (Å²) in [7, 11) is 0. The Morgan fingerprint density at radius 1 is 1.09 bits per heavy atom. The molecular formula is C20H26O3. The molecule has 0 aromatic heterocycles.